The molecule has 0 saturated carbocycles. The molecular weight excluding hydrogens is 506 g/mol. The third kappa shape index (κ3) is 5.13. The molecule has 0 radical (unpaired) electrons. The summed E-state index contributed by atoms with van der Waals surface area (Å²) in [7, 11) is 3.88. The summed E-state index contributed by atoms with van der Waals surface area (Å²) in [4.78, 5) is 38.7. The molecule has 3 heterocycles. The monoisotopic (exact) mass is 533 g/mol. The second-order valence-electron chi connectivity index (χ2n) is 9.36. The number of carbonyl (C=O) groups is 1. The first-order valence-corrected chi connectivity index (χ1v) is 12.6. The Hall–Kier alpha value is -4.15. The molecule has 2 N–H and O–H groups in total. The van der Waals surface area contributed by atoms with E-state index in [0.29, 0.717) is 59.4 Å². The van der Waals surface area contributed by atoms with E-state index in [1.165, 1.54) is 10.9 Å². The predicted octanol–water partition coefficient (Wildman–Crippen LogP) is 3.50. The summed E-state index contributed by atoms with van der Waals surface area (Å²) in [5.41, 5.74) is 7.40. The number of hydrogen-bond acceptors (Lipinski definition) is 7. The lowest BCUT2D eigenvalue weighted by molar-refractivity contribution is -0.125. The molecule has 196 valence electrons. The first kappa shape index (κ1) is 25.5. The fourth-order valence-corrected chi connectivity index (χ4v) is 4.77. The Balaban J connectivity index is 1.45. The molecule has 2 aromatic carbocycles. The Morgan fingerprint density at radius 1 is 1.18 bits per heavy atom. The quantitative estimate of drug-likeness (QED) is 0.362. The number of halogens is 1. The molecule has 1 atom stereocenters. The van der Waals surface area contributed by atoms with Gasteiger partial charge in [0, 0.05) is 30.7 Å². The van der Waals surface area contributed by atoms with E-state index in [0.717, 1.165) is 0 Å². The molecular formula is C27H28ClN7O3. The minimum Gasteiger partial charge on any atom is -0.457 e. The Kier molecular flexibility index (Phi) is 7.17. The molecule has 1 saturated heterocycles. The van der Waals surface area contributed by atoms with E-state index in [4.69, 9.17) is 22.1 Å². The Morgan fingerprint density at radius 3 is 2.71 bits per heavy atom. The van der Waals surface area contributed by atoms with Crippen LogP contribution >= 0.6 is 11.6 Å². The number of aromatic nitrogens is 4. The molecule has 0 unspecified atom stereocenters. The molecule has 0 spiro atoms. The lowest BCUT2D eigenvalue weighted by Crippen LogP contribution is -2.31. The van der Waals surface area contributed by atoms with Crippen molar-refractivity contribution in [3.05, 3.63) is 82.5 Å². The van der Waals surface area contributed by atoms with Crippen LogP contribution in [0.15, 0.2) is 71.8 Å². The van der Waals surface area contributed by atoms with Crippen molar-refractivity contribution in [2.75, 3.05) is 39.5 Å². The van der Waals surface area contributed by atoms with Gasteiger partial charge in [0.2, 0.25) is 5.91 Å². The van der Waals surface area contributed by atoms with Crippen LogP contribution in [-0.4, -0.2) is 68.5 Å². The molecule has 0 bridgehead atoms. The molecule has 5 rings (SSSR count). The summed E-state index contributed by atoms with van der Waals surface area (Å²) in [6, 6.07) is 14.0. The van der Waals surface area contributed by atoms with E-state index < -0.39 is 0 Å². The van der Waals surface area contributed by atoms with Crippen LogP contribution in [-0.2, 0) is 4.79 Å². The zero-order valence-corrected chi connectivity index (χ0v) is 21.9. The second kappa shape index (κ2) is 10.7. The number of ether oxygens (including phenoxy) is 1. The fourth-order valence-electron chi connectivity index (χ4n) is 4.59. The molecule has 0 aliphatic carbocycles. The number of benzene rings is 2. The van der Waals surface area contributed by atoms with Gasteiger partial charge < -0.3 is 20.3 Å². The Labute approximate surface area is 224 Å². The molecule has 1 aliphatic heterocycles. The fraction of sp³-hybridized carbons (Fsp3) is 0.259. The minimum absolute atomic E-state index is 0.0735. The molecule has 1 fully saturated rings. The van der Waals surface area contributed by atoms with Gasteiger partial charge in [0.15, 0.2) is 11.5 Å². The molecule has 1 aliphatic rings. The van der Waals surface area contributed by atoms with E-state index in [-0.39, 0.29) is 23.5 Å². The lowest BCUT2D eigenvalue weighted by atomic mass is 10.2. The van der Waals surface area contributed by atoms with Crippen molar-refractivity contribution in [3.63, 3.8) is 0 Å². The third-order valence-corrected chi connectivity index (χ3v) is 6.61. The zero-order chi connectivity index (χ0) is 26.8. The highest BCUT2D eigenvalue weighted by Crippen LogP contribution is 2.29. The highest BCUT2D eigenvalue weighted by atomic mass is 35.5. The van der Waals surface area contributed by atoms with E-state index in [1.54, 1.807) is 58.0 Å². The van der Waals surface area contributed by atoms with Crippen LogP contribution in [0, 0.1) is 0 Å². The summed E-state index contributed by atoms with van der Waals surface area (Å²) in [5.74, 6) is 1.32. The molecule has 2 aromatic heterocycles. The number of carbonyl (C=O) groups excluding carboxylic acids is 1. The van der Waals surface area contributed by atoms with Crippen LogP contribution in [0.4, 0.5) is 5.82 Å². The number of rotatable bonds is 7. The summed E-state index contributed by atoms with van der Waals surface area (Å²) in [6.07, 6.45) is 5.40. The van der Waals surface area contributed by atoms with E-state index in [1.807, 2.05) is 31.1 Å². The average Bonchev–Trinajstić information content (AvgIpc) is 3.47. The second-order valence-corrected chi connectivity index (χ2v) is 9.80. The van der Waals surface area contributed by atoms with Gasteiger partial charge in [-0.05, 0) is 63.0 Å². The van der Waals surface area contributed by atoms with Gasteiger partial charge in [-0.1, -0.05) is 23.7 Å². The number of hydrogen-bond donors (Lipinski definition) is 1. The van der Waals surface area contributed by atoms with Gasteiger partial charge in [-0.2, -0.15) is 0 Å². The van der Waals surface area contributed by atoms with Gasteiger partial charge in [-0.3, -0.25) is 13.9 Å². The van der Waals surface area contributed by atoms with Crippen molar-refractivity contribution in [1.29, 1.82) is 0 Å². The number of nitrogen functional groups attached to an aromatic ring is 1. The first-order chi connectivity index (χ1) is 18.3. The van der Waals surface area contributed by atoms with Crippen molar-refractivity contribution in [1.82, 2.24) is 28.9 Å². The number of likely N-dealkylation sites (tertiary alicyclic amines) is 1. The average molecular weight is 534 g/mol. The summed E-state index contributed by atoms with van der Waals surface area (Å²) in [6.45, 7) is 1.63. The van der Waals surface area contributed by atoms with Gasteiger partial charge >= 0.3 is 5.69 Å². The highest BCUT2D eigenvalue weighted by Gasteiger charge is 2.31. The van der Waals surface area contributed by atoms with Crippen LogP contribution in [0.5, 0.6) is 11.5 Å². The maximum Gasteiger partial charge on any atom is 0.335 e. The van der Waals surface area contributed by atoms with Gasteiger partial charge in [0.05, 0.1) is 11.7 Å². The van der Waals surface area contributed by atoms with Gasteiger partial charge in [0.1, 0.15) is 23.3 Å². The Morgan fingerprint density at radius 2 is 1.97 bits per heavy atom. The van der Waals surface area contributed by atoms with Crippen LogP contribution in [0.2, 0.25) is 5.02 Å². The molecule has 38 heavy (non-hydrogen) atoms. The SMILES string of the molecule is CN(C)CC=CC(=O)N1CC[C@@H](n2c(=O)n(-c3ccc(Oc4cccc(Cl)c4)cc3)c3c(N)ncnc32)C1. The Bertz CT molecular complexity index is 1560. The predicted molar refractivity (Wildman–Crippen MR) is 147 cm³/mol. The molecule has 4 aromatic rings. The molecule has 11 heteroatoms. The van der Waals surface area contributed by atoms with Crippen LogP contribution in [0.3, 0.4) is 0 Å². The highest BCUT2D eigenvalue weighted by molar-refractivity contribution is 6.30. The number of imidazole rings is 1. The first-order valence-electron chi connectivity index (χ1n) is 12.2. The summed E-state index contributed by atoms with van der Waals surface area (Å²) in [5, 5.41) is 0.575. The molecule has 1 amide bonds. The lowest BCUT2D eigenvalue weighted by Gasteiger charge is -2.15. The summed E-state index contributed by atoms with van der Waals surface area (Å²) < 4.78 is 9.02. The largest absolute Gasteiger partial charge is 0.457 e. The normalized spacial score (nSPS) is 15.7. The van der Waals surface area contributed by atoms with E-state index >= 15 is 0 Å². The van der Waals surface area contributed by atoms with Crippen molar-refractivity contribution < 1.29 is 9.53 Å². The topological polar surface area (TPSA) is 112 Å². The van der Waals surface area contributed by atoms with Crippen molar-refractivity contribution in [2.45, 2.75) is 12.5 Å². The number of fused-ring (bicyclic) bond motifs is 1. The number of likely N-dealkylation sites (N-methyl/N-ethyl adjacent to an activating group) is 1. The number of amides is 1. The standard InChI is InChI=1S/C27H28ClN7O3/c1-32(2)13-4-7-23(36)33-14-12-20(16-33)35-26-24(25(29)30-17-31-26)34(27(35)37)19-8-10-21(11-9-19)38-22-6-3-5-18(28)15-22/h3-11,15,17,20H,12-14,16H2,1-2H3,(H2,29,30,31)/t20-/m1/s1. The van der Waals surface area contributed by atoms with Crippen molar-refractivity contribution in [2.24, 2.45) is 0 Å². The maximum absolute atomic E-state index is 13.8. The smallest absolute Gasteiger partial charge is 0.335 e. The van der Waals surface area contributed by atoms with Crippen molar-refractivity contribution >= 4 is 34.5 Å². The number of nitrogens with two attached hydrogens (primary N) is 1. The van der Waals surface area contributed by atoms with Crippen LogP contribution in [0.25, 0.3) is 16.9 Å². The number of anilines is 1. The maximum atomic E-state index is 13.8. The molecule has 10 nitrogen and oxygen atoms in total. The van der Waals surface area contributed by atoms with Gasteiger partial charge in [-0.15, -0.1) is 0 Å². The third-order valence-electron chi connectivity index (χ3n) is 6.38. The van der Waals surface area contributed by atoms with E-state index in [9.17, 15) is 9.59 Å². The van der Waals surface area contributed by atoms with Gasteiger partial charge in [0.25, 0.3) is 0 Å². The van der Waals surface area contributed by atoms with Crippen LogP contribution < -0.4 is 16.2 Å². The van der Waals surface area contributed by atoms with Crippen molar-refractivity contribution in [3.8, 4) is 17.2 Å². The van der Waals surface area contributed by atoms with Gasteiger partial charge in [-0.25, -0.2) is 14.8 Å². The zero-order valence-electron chi connectivity index (χ0n) is 21.1. The van der Waals surface area contributed by atoms with E-state index in [2.05, 4.69) is 9.97 Å². The van der Waals surface area contributed by atoms with Crippen LogP contribution in [0.1, 0.15) is 12.5 Å². The minimum atomic E-state index is -0.293. The summed E-state index contributed by atoms with van der Waals surface area (Å²) >= 11 is 6.05. The number of nitrogens with zero attached hydrogens (tertiary/aromatic N) is 6.